The summed E-state index contributed by atoms with van der Waals surface area (Å²) in [4.78, 5) is 14.3. The molecule has 4 nitrogen and oxygen atoms in total. The standard InChI is InChI=1S/C18H23F3N2O2/c1-13(25-15-5-3-2-4-14(15)18(19,20)21)16(24)23-10-7-17(8-11-23)6-9-22-12-17/h2-5,13,22H,6-12H2,1H3. The van der Waals surface area contributed by atoms with Crippen molar-refractivity contribution in [3.8, 4) is 5.75 Å². The van der Waals surface area contributed by atoms with Gasteiger partial charge in [-0.15, -0.1) is 0 Å². The van der Waals surface area contributed by atoms with Crippen molar-refractivity contribution in [2.45, 2.75) is 38.5 Å². The number of benzene rings is 1. The van der Waals surface area contributed by atoms with Gasteiger partial charge in [0.1, 0.15) is 5.75 Å². The van der Waals surface area contributed by atoms with E-state index in [-0.39, 0.29) is 17.1 Å². The third-order valence-corrected chi connectivity index (χ3v) is 5.31. The Labute approximate surface area is 145 Å². The Morgan fingerprint density at radius 3 is 2.52 bits per heavy atom. The van der Waals surface area contributed by atoms with Crippen molar-refractivity contribution in [1.29, 1.82) is 0 Å². The Kier molecular flexibility index (Phi) is 4.95. The number of amides is 1. The number of ether oxygens (including phenoxy) is 1. The van der Waals surface area contributed by atoms with E-state index in [0.717, 1.165) is 38.4 Å². The molecular weight excluding hydrogens is 333 g/mol. The average molecular weight is 356 g/mol. The molecule has 2 heterocycles. The van der Waals surface area contributed by atoms with Gasteiger partial charge < -0.3 is 15.0 Å². The van der Waals surface area contributed by atoms with Crippen LogP contribution in [0.25, 0.3) is 0 Å². The van der Waals surface area contributed by atoms with Gasteiger partial charge in [-0.05, 0) is 50.3 Å². The summed E-state index contributed by atoms with van der Waals surface area (Å²) in [7, 11) is 0. The Bertz CT molecular complexity index is 617. The highest BCUT2D eigenvalue weighted by Crippen LogP contribution is 2.38. The maximum atomic E-state index is 13.0. The molecule has 7 heteroatoms. The Morgan fingerprint density at radius 1 is 1.24 bits per heavy atom. The molecular formula is C18H23F3N2O2. The number of carbonyl (C=O) groups excluding carboxylic acids is 1. The number of nitrogens with one attached hydrogen (secondary N) is 1. The zero-order valence-corrected chi connectivity index (χ0v) is 14.2. The summed E-state index contributed by atoms with van der Waals surface area (Å²) in [5, 5.41) is 3.37. The molecule has 1 aromatic carbocycles. The highest BCUT2D eigenvalue weighted by Gasteiger charge is 2.39. The first-order chi connectivity index (χ1) is 11.8. The molecule has 138 valence electrons. The molecule has 0 aliphatic carbocycles. The molecule has 0 saturated carbocycles. The predicted octanol–water partition coefficient (Wildman–Crippen LogP) is 3.07. The summed E-state index contributed by atoms with van der Waals surface area (Å²) in [6.07, 6.45) is -2.47. The van der Waals surface area contributed by atoms with Crippen molar-refractivity contribution in [3.63, 3.8) is 0 Å². The molecule has 2 saturated heterocycles. The molecule has 1 spiro atoms. The van der Waals surface area contributed by atoms with E-state index < -0.39 is 17.8 Å². The third kappa shape index (κ3) is 3.92. The fourth-order valence-corrected chi connectivity index (χ4v) is 3.73. The van der Waals surface area contributed by atoms with E-state index in [0.29, 0.717) is 13.1 Å². The van der Waals surface area contributed by atoms with Gasteiger partial charge in [0.2, 0.25) is 0 Å². The third-order valence-electron chi connectivity index (χ3n) is 5.31. The summed E-state index contributed by atoms with van der Waals surface area (Å²) >= 11 is 0. The van der Waals surface area contributed by atoms with Crippen LogP contribution in [0.15, 0.2) is 24.3 Å². The van der Waals surface area contributed by atoms with Gasteiger partial charge in [0.25, 0.3) is 5.91 Å². The van der Waals surface area contributed by atoms with E-state index in [4.69, 9.17) is 4.74 Å². The molecule has 0 radical (unpaired) electrons. The highest BCUT2D eigenvalue weighted by molar-refractivity contribution is 5.81. The van der Waals surface area contributed by atoms with Gasteiger partial charge in [-0.2, -0.15) is 13.2 Å². The fourth-order valence-electron chi connectivity index (χ4n) is 3.73. The number of alkyl halides is 3. The van der Waals surface area contributed by atoms with Crippen LogP contribution in [-0.2, 0) is 11.0 Å². The monoisotopic (exact) mass is 356 g/mol. The van der Waals surface area contributed by atoms with Crippen LogP contribution < -0.4 is 10.1 Å². The van der Waals surface area contributed by atoms with Crippen LogP contribution >= 0.6 is 0 Å². The first kappa shape index (κ1) is 18.0. The number of nitrogens with zero attached hydrogens (tertiary/aromatic N) is 1. The van der Waals surface area contributed by atoms with Gasteiger partial charge in [0.15, 0.2) is 6.10 Å². The van der Waals surface area contributed by atoms with Crippen LogP contribution in [0, 0.1) is 5.41 Å². The molecule has 1 atom stereocenters. The first-order valence-electron chi connectivity index (χ1n) is 8.63. The molecule has 2 aliphatic heterocycles. The van der Waals surface area contributed by atoms with Gasteiger partial charge in [-0.25, -0.2) is 0 Å². The first-order valence-corrected chi connectivity index (χ1v) is 8.63. The molecule has 1 unspecified atom stereocenters. The topological polar surface area (TPSA) is 41.6 Å². The Morgan fingerprint density at radius 2 is 1.92 bits per heavy atom. The maximum Gasteiger partial charge on any atom is 0.419 e. The second-order valence-corrected chi connectivity index (χ2v) is 7.01. The lowest BCUT2D eigenvalue weighted by atomic mass is 9.78. The van der Waals surface area contributed by atoms with Crippen LogP contribution in [0.3, 0.4) is 0 Å². The summed E-state index contributed by atoms with van der Waals surface area (Å²) in [5.74, 6) is -0.554. The molecule has 1 aromatic rings. The highest BCUT2D eigenvalue weighted by atomic mass is 19.4. The minimum Gasteiger partial charge on any atom is -0.480 e. The number of halogens is 3. The largest absolute Gasteiger partial charge is 0.480 e. The van der Waals surface area contributed by atoms with Crippen LogP contribution in [-0.4, -0.2) is 43.1 Å². The van der Waals surface area contributed by atoms with E-state index in [1.165, 1.54) is 25.1 Å². The molecule has 2 fully saturated rings. The Hall–Kier alpha value is -1.76. The number of hydrogen-bond donors (Lipinski definition) is 1. The number of carbonyl (C=O) groups is 1. The van der Waals surface area contributed by atoms with Crippen LogP contribution in [0.4, 0.5) is 13.2 Å². The van der Waals surface area contributed by atoms with E-state index in [1.807, 2.05) is 0 Å². The zero-order chi connectivity index (χ0) is 18.1. The van der Waals surface area contributed by atoms with Crippen molar-refractivity contribution in [1.82, 2.24) is 10.2 Å². The lowest BCUT2D eigenvalue weighted by molar-refractivity contribution is -0.144. The van der Waals surface area contributed by atoms with E-state index in [9.17, 15) is 18.0 Å². The second kappa shape index (κ2) is 6.86. The predicted molar refractivity (Wildman–Crippen MR) is 87.3 cm³/mol. The molecule has 0 bridgehead atoms. The minimum atomic E-state index is -4.51. The quantitative estimate of drug-likeness (QED) is 0.905. The van der Waals surface area contributed by atoms with E-state index in [2.05, 4.69) is 5.32 Å². The van der Waals surface area contributed by atoms with Crippen LogP contribution in [0.2, 0.25) is 0 Å². The van der Waals surface area contributed by atoms with E-state index in [1.54, 1.807) is 4.90 Å². The molecule has 25 heavy (non-hydrogen) atoms. The van der Waals surface area contributed by atoms with Crippen LogP contribution in [0.5, 0.6) is 5.75 Å². The van der Waals surface area contributed by atoms with Gasteiger partial charge in [-0.3, -0.25) is 4.79 Å². The molecule has 2 aliphatic rings. The lowest BCUT2D eigenvalue weighted by Gasteiger charge is -2.39. The van der Waals surface area contributed by atoms with Gasteiger partial charge in [0.05, 0.1) is 5.56 Å². The number of para-hydroxylation sites is 1. The maximum absolute atomic E-state index is 13.0. The zero-order valence-electron chi connectivity index (χ0n) is 14.2. The smallest absolute Gasteiger partial charge is 0.419 e. The molecule has 3 rings (SSSR count). The van der Waals surface area contributed by atoms with Gasteiger partial charge in [0, 0.05) is 19.6 Å². The number of rotatable bonds is 3. The van der Waals surface area contributed by atoms with Crippen LogP contribution in [0.1, 0.15) is 31.7 Å². The molecule has 0 aromatic heterocycles. The normalized spacial score (nSPS) is 21.4. The molecule has 1 N–H and O–H groups in total. The fraction of sp³-hybridized carbons (Fsp3) is 0.611. The SMILES string of the molecule is CC(Oc1ccccc1C(F)(F)F)C(=O)N1CCC2(CCNC2)CC1. The van der Waals surface area contributed by atoms with Gasteiger partial charge >= 0.3 is 6.18 Å². The van der Waals surface area contributed by atoms with Crippen molar-refractivity contribution < 1.29 is 22.7 Å². The summed E-state index contributed by atoms with van der Waals surface area (Å²) in [6, 6.07) is 4.99. The van der Waals surface area contributed by atoms with E-state index >= 15 is 0 Å². The lowest BCUT2D eigenvalue weighted by Crippen LogP contribution is -2.48. The van der Waals surface area contributed by atoms with Gasteiger partial charge in [-0.1, -0.05) is 12.1 Å². The van der Waals surface area contributed by atoms with Crippen molar-refractivity contribution >= 4 is 5.91 Å². The summed E-state index contributed by atoms with van der Waals surface area (Å²) in [5.41, 5.74) is -0.576. The summed E-state index contributed by atoms with van der Waals surface area (Å²) < 4.78 is 44.5. The Balaban J connectivity index is 1.62. The minimum absolute atomic E-state index is 0.252. The summed E-state index contributed by atoms with van der Waals surface area (Å²) in [6.45, 7) is 4.78. The second-order valence-electron chi connectivity index (χ2n) is 7.01. The molecule has 1 amide bonds. The van der Waals surface area contributed by atoms with Crippen molar-refractivity contribution in [2.24, 2.45) is 5.41 Å². The number of piperidine rings is 1. The van der Waals surface area contributed by atoms with Crippen molar-refractivity contribution in [2.75, 3.05) is 26.2 Å². The van der Waals surface area contributed by atoms with Crippen molar-refractivity contribution in [3.05, 3.63) is 29.8 Å². The number of likely N-dealkylation sites (tertiary alicyclic amines) is 1. The number of hydrogen-bond acceptors (Lipinski definition) is 3. The average Bonchev–Trinajstić information content (AvgIpc) is 3.02.